The Labute approximate surface area is 168 Å². The van der Waals surface area contributed by atoms with Crippen LogP contribution in [0.25, 0.3) is 0 Å². The largest absolute Gasteiger partial charge is 0.858 e. The average molecular weight is 456 g/mol. The molecule has 2 rings (SSSR count). The van der Waals surface area contributed by atoms with Crippen LogP contribution in [0, 0.1) is 0 Å². The number of allylic oxidation sites excluding steroid dienone is 5. The normalized spacial score (nSPS) is 18.2. The first-order chi connectivity index (χ1) is 12.9. The van der Waals surface area contributed by atoms with Gasteiger partial charge in [-0.15, -0.1) is 0 Å². The number of nitrogens with zero attached hydrogens (tertiary/aromatic N) is 2. The van der Waals surface area contributed by atoms with Crippen LogP contribution in [-0.4, -0.2) is 33.4 Å². The zero-order valence-corrected chi connectivity index (χ0v) is 16.6. The number of sulfonamides is 1. The van der Waals surface area contributed by atoms with Crippen LogP contribution < -0.4 is 5.11 Å². The number of benzene rings is 1. The van der Waals surface area contributed by atoms with Gasteiger partial charge in [-0.25, -0.2) is 0 Å². The van der Waals surface area contributed by atoms with Crippen LogP contribution in [0.1, 0.15) is 5.56 Å². The summed E-state index contributed by atoms with van der Waals surface area (Å²) in [5, 5.41) is 12.5. The number of rotatable bonds is 4. The van der Waals surface area contributed by atoms with Crippen LogP contribution in [0.5, 0.6) is 0 Å². The van der Waals surface area contributed by atoms with Crippen LogP contribution in [-0.2, 0) is 21.0 Å². The Balaban J connectivity index is 2.62. The summed E-state index contributed by atoms with van der Waals surface area (Å²) in [5.41, 5.74) is -1.86. The maximum absolute atomic E-state index is 13.0. The molecule has 152 valence electrons. The molecule has 1 aliphatic carbocycles. The van der Waals surface area contributed by atoms with E-state index in [-0.39, 0.29) is 16.3 Å². The Morgan fingerprint density at radius 1 is 1.25 bits per heavy atom. The van der Waals surface area contributed by atoms with Crippen molar-refractivity contribution in [3.8, 4) is 0 Å². The molecule has 1 aromatic rings. The highest BCUT2D eigenvalue weighted by molar-refractivity contribution is 7.90. The highest BCUT2D eigenvalue weighted by Gasteiger charge is 2.34. The Kier molecular flexibility index (Phi) is 6.49. The van der Waals surface area contributed by atoms with Gasteiger partial charge in [0.1, 0.15) is 0 Å². The fourth-order valence-corrected chi connectivity index (χ4v) is 3.49. The minimum absolute atomic E-state index is 0.0673. The summed E-state index contributed by atoms with van der Waals surface area (Å²) in [6, 6.07) is 2.05. The van der Waals surface area contributed by atoms with Crippen LogP contribution in [0.15, 0.2) is 62.2 Å². The molecule has 0 atom stereocenters. The SMILES string of the molecule is CON(C)/C([O-])=C1\C=CC(Cl)=C\C1=N/S(=O)(=O)c1ccc(Cl)c(C(F)(F)F)c1. The third-order valence-electron chi connectivity index (χ3n) is 3.51. The maximum Gasteiger partial charge on any atom is 0.417 e. The summed E-state index contributed by atoms with van der Waals surface area (Å²) < 4.78 is 67.6. The zero-order chi connectivity index (χ0) is 21.3. The summed E-state index contributed by atoms with van der Waals surface area (Å²) in [5.74, 6) is -0.736. The minimum Gasteiger partial charge on any atom is -0.858 e. The first-order valence-corrected chi connectivity index (χ1v) is 9.53. The number of hydrogen-bond donors (Lipinski definition) is 0. The van der Waals surface area contributed by atoms with E-state index >= 15 is 0 Å². The van der Waals surface area contributed by atoms with Gasteiger partial charge in [-0.2, -0.15) is 26.0 Å². The van der Waals surface area contributed by atoms with Crippen molar-refractivity contribution >= 4 is 38.9 Å². The molecule has 6 nitrogen and oxygen atoms in total. The van der Waals surface area contributed by atoms with Gasteiger partial charge in [0.25, 0.3) is 10.0 Å². The molecule has 0 saturated heterocycles. The quantitative estimate of drug-likeness (QED) is 0.514. The van der Waals surface area contributed by atoms with Crippen molar-refractivity contribution in [3.05, 3.63) is 63.5 Å². The van der Waals surface area contributed by atoms with E-state index in [1.165, 1.54) is 26.3 Å². The molecule has 0 bridgehead atoms. The lowest BCUT2D eigenvalue weighted by Crippen LogP contribution is -2.29. The van der Waals surface area contributed by atoms with Gasteiger partial charge in [0.05, 0.1) is 28.3 Å². The molecule has 0 spiro atoms. The number of alkyl halides is 3. The Bertz CT molecular complexity index is 1020. The summed E-state index contributed by atoms with van der Waals surface area (Å²) in [6.07, 6.45) is -1.22. The smallest absolute Gasteiger partial charge is 0.417 e. The van der Waals surface area contributed by atoms with Gasteiger partial charge in [0.2, 0.25) is 0 Å². The van der Waals surface area contributed by atoms with Crippen molar-refractivity contribution in [1.82, 2.24) is 5.06 Å². The molecule has 0 fully saturated rings. The Morgan fingerprint density at radius 2 is 1.89 bits per heavy atom. The monoisotopic (exact) mass is 455 g/mol. The second-order valence-electron chi connectivity index (χ2n) is 5.35. The van der Waals surface area contributed by atoms with E-state index in [0.29, 0.717) is 6.07 Å². The van der Waals surface area contributed by atoms with Gasteiger partial charge in [-0.05, 0) is 36.2 Å². The third kappa shape index (κ3) is 4.88. The first kappa shape index (κ1) is 22.3. The topological polar surface area (TPSA) is 82.0 Å². The first-order valence-electron chi connectivity index (χ1n) is 7.33. The van der Waals surface area contributed by atoms with Gasteiger partial charge < -0.3 is 5.11 Å². The Morgan fingerprint density at radius 3 is 2.46 bits per heavy atom. The van der Waals surface area contributed by atoms with Crippen molar-refractivity contribution < 1.29 is 31.5 Å². The summed E-state index contributed by atoms with van der Waals surface area (Å²) >= 11 is 11.3. The van der Waals surface area contributed by atoms with Gasteiger partial charge in [0.15, 0.2) is 0 Å². The van der Waals surface area contributed by atoms with E-state index in [0.717, 1.165) is 23.3 Å². The fourth-order valence-electron chi connectivity index (χ4n) is 2.08. The second kappa shape index (κ2) is 8.16. The van der Waals surface area contributed by atoms with Gasteiger partial charge in [-0.1, -0.05) is 29.3 Å². The van der Waals surface area contributed by atoms with E-state index in [1.807, 2.05) is 0 Å². The van der Waals surface area contributed by atoms with Crippen molar-refractivity contribution in [2.24, 2.45) is 4.40 Å². The van der Waals surface area contributed by atoms with Gasteiger partial charge in [0, 0.05) is 17.7 Å². The van der Waals surface area contributed by atoms with Crippen LogP contribution in [0.3, 0.4) is 0 Å². The molecular weight excluding hydrogens is 444 g/mol. The van der Waals surface area contributed by atoms with E-state index in [4.69, 9.17) is 28.0 Å². The molecule has 0 unspecified atom stereocenters. The van der Waals surface area contributed by atoms with Crippen molar-refractivity contribution in [1.29, 1.82) is 0 Å². The minimum atomic E-state index is -4.86. The highest BCUT2D eigenvalue weighted by Crippen LogP contribution is 2.36. The lowest BCUT2D eigenvalue weighted by atomic mass is 10.1. The van der Waals surface area contributed by atoms with Crippen LogP contribution in [0.2, 0.25) is 5.02 Å². The predicted octanol–water partition coefficient (Wildman–Crippen LogP) is 3.25. The predicted molar refractivity (Wildman–Crippen MR) is 95.9 cm³/mol. The second-order valence-corrected chi connectivity index (χ2v) is 7.80. The molecule has 0 N–H and O–H groups in total. The molecule has 1 aromatic carbocycles. The van der Waals surface area contributed by atoms with E-state index in [2.05, 4.69) is 4.40 Å². The number of halogens is 5. The fraction of sp³-hybridized carbons (Fsp3) is 0.188. The van der Waals surface area contributed by atoms with Crippen molar-refractivity contribution in [2.75, 3.05) is 14.2 Å². The summed E-state index contributed by atoms with van der Waals surface area (Å²) in [7, 11) is -2.12. The lowest BCUT2D eigenvalue weighted by molar-refractivity contribution is -0.366. The molecular formula is C16H12Cl2F3N2O4S-. The molecule has 28 heavy (non-hydrogen) atoms. The van der Waals surface area contributed by atoms with Crippen molar-refractivity contribution in [2.45, 2.75) is 11.1 Å². The maximum atomic E-state index is 13.0. The van der Waals surface area contributed by atoms with Crippen LogP contribution >= 0.6 is 23.2 Å². The standard InChI is InChI=1S/C16H13Cl2F3N2O4S/c1-23(27-2)15(24)11-5-3-9(17)7-14(11)22-28(25,26)10-4-6-13(18)12(8-10)16(19,20)21/h3-8,24H,1-2H3/p-1/b15-11-,22-14+. The molecule has 12 heteroatoms. The van der Waals surface area contributed by atoms with Gasteiger partial charge >= 0.3 is 6.18 Å². The van der Waals surface area contributed by atoms with E-state index in [9.17, 15) is 26.7 Å². The third-order valence-corrected chi connectivity index (χ3v) is 5.36. The van der Waals surface area contributed by atoms with E-state index < -0.39 is 37.6 Å². The average Bonchev–Trinajstić information content (AvgIpc) is 2.59. The Hall–Kier alpha value is -2.01. The molecule has 0 aliphatic heterocycles. The molecule has 0 amide bonds. The molecule has 1 aliphatic rings. The molecule has 0 radical (unpaired) electrons. The number of hydrogen-bond acceptors (Lipinski definition) is 5. The van der Waals surface area contributed by atoms with Crippen molar-refractivity contribution in [3.63, 3.8) is 0 Å². The molecule has 0 aromatic heterocycles. The highest BCUT2D eigenvalue weighted by atomic mass is 35.5. The zero-order valence-electron chi connectivity index (χ0n) is 14.3. The molecule has 0 heterocycles. The summed E-state index contributed by atoms with van der Waals surface area (Å²) in [6.45, 7) is 0. The van der Waals surface area contributed by atoms with Crippen LogP contribution in [0.4, 0.5) is 13.2 Å². The molecule has 0 saturated carbocycles. The number of hydroxylamine groups is 2. The van der Waals surface area contributed by atoms with Gasteiger partial charge in [-0.3, -0.25) is 9.90 Å². The summed E-state index contributed by atoms with van der Waals surface area (Å²) in [4.78, 5) is 4.01. The lowest BCUT2D eigenvalue weighted by Gasteiger charge is -2.27. The van der Waals surface area contributed by atoms with E-state index in [1.54, 1.807) is 0 Å².